The minimum atomic E-state index is -0.970. The van der Waals surface area contributed by atoms with Crippen LogP contribution in [0.25, 0.3) is 5.65 Å². The number of aromatic nitrogens is 4. The van der Waals surface area contributed by atoms with Crippen molar-refractivity contribution in [3.05, 3.63) is 53.0 Å². The van der Waals surface area contributed by atoms with Crippen molar-refractivity contribution < 1.29 is 9.59 Å². The van der Waals surface area contributed by atoms with Crippen LogP contribution in [-0.4, -0.2) is 36.5 Å². The Balaban J connectivity index is 1.75. The van der Waals surface area contributed by atoms with E-state index >= 15 is 0 Å². The van der Waals surface area contributed by atoms with Gasteiger partial charge in [-0.2, -0.15) is 4.63 Å². The summed E-state index contributed by atoms with van der Waals surface area (Å²) in [5.41, 5.74) is 1.49. The molecule has 1 aliphatic heterocycles. The highest BCUT2D eigenvalue weighted by Gasteiger charge is 2.46. The van der Waals surface area contributed by atoms with Crippen LogP contribution >= 0.6 is 0 Å². The molecule has 7 heteroatoms. The van der Waals surface area contributed by atoms with Gasteiger partial charge in [0.15, 0.2) is 11.5 Å². The van der Waals surface area contributed by atoms with Crippen LogP contribution in [0.2, 0.25) is 0 Å². The number of H-pyrrole nitrogens is 1. The minimum Gasteiger partial charge on any atom is -0.280 e. The lowest BCUT2D eigenvalue weighted by Gasteiger charge is -2.31. The van der Waals surface area contributed by atoms with Crippen molar-refractivity contribution in [2.45, 2.75) is 45.6 Å². The second kappa shape index (κ2) is 5.03. The first kappa shape index (κ1) is 16.5. The van der Waals surface area contributed by atoms with Gasteiger partial charge in [-0.1, -0.05) is 32.9 Å². The summed E-state index contributed by atoms with van der Waals surface area (Å²) >= 11 is 0. The molecule has 2 aromatic heterocycles. The second-order valence-electron chi connectivity index (χ2n) is 8.18. The van der Waals surface area contributed by atoms with E-state index in [0.717, 1.165) is 5.69 Å². The first-order valence-corrected chi connectivity index (χ1v) is 8.55. The highest BCUT2D eigenvalue weighted by atomic mass is 16.2. The summed E-state index contributed by atoms with van der Waals surface area (Å²) in [4.78, 5) is 31.4. The maximum Gasteiger partial charge on any atom is 0.262 e. The largest absolute Gasteiger partial charge is 0.280 e. The van der Waals surface area contributed by atoms with Crippen LogP contribution in [-0.2, 0) is 11.0 Å². The molecule has 0 fully saturated rings. The number of imide groups is 1. The Morgan fingerprint density at radius 1 is 0.962 bits per heavy atom. The number of nitrogens with zero attached hydrogens (tertiary/aromatic N) is 4. The molecule has 7 nitrogen and oxygen atoms in total. The van der Waals surface area contributed by atoms with Crippen LogP contribution in [0.5, 0.6) is 0 Å². The summed E-state index contributed by atoms with van der Waals surface area (Å²) in [6.45, 7) is 9.87. The van der Waals surface area contributed by atoms with Gasteiger partial charge in [-0.25, -0.2) is 4.98 Å². The number of hydrogen-bond acceptors (Lipinski definition) is 4. The molecule has 3 aromatic rings. The van der Waals surface area contributed by atoms with Crippen molar-refractivity contribution in [3.8, 4) is 0 Å². The van der Waals surface area contributed by atoms with Gasteiger partial charge in [-0.15, -0.1) is 5.10 Å². The van der Waals surface area contributed by atoms with E-state index in [9.17, 15) is 9.59 Å². The van der Waals surface area contributed by atoms with Gasteiger partial charge in [0, 0.05) is 17.2 Å². The van der Waals surface area contributed by atoms with Crippen LogP contribution in [0.15, 0.2) is 30.3 Å². The average molecular weight is 351 g/mol. The fraction of sp³-hybridized carbons (Fsp3) is 0.368. The van der Waals surface area contributed by atoms with E-state index in [-0.39, 0.29) is 17.2 Å². The number of amides is 2. The number of fused-ring (bicyclic) bond motifs is 2. The van der Waals surface area contributed by atoms with Crippen LogP contribution in [0.3, 0.4) is 0 Å². The van der Waals surface area contributed by atoms with Crippen molar-refractivity contribution in [1.82, 2.24) is 24.7 Å². The third-order valence-electron chi connectivity index (χ3n) is 4.84. The van der Waals surface area contributed by atoms with E-state index in [2.05, 4.69) is 36.0 Å². The molecular formula is C19H21N5O2. The van der Waals surface area contributed by atoms with Crippen molar-refractivity contribution in [3.63, 3.8) is 0 Å². The molecule has 4 rings (SSSR count). The number of aromatic amines is 1. The first-order valence-electron chi connectivity index (χ1n) is 8.55. The number of benzene rings is 1. The van der Waals surface area contributed by atoms with Crippen LogP contribution in [0.4, 0.5) is 0 Å². The van der Waals surface area contributed by atoms with Gasteiger partial charge < -0.3 is 0 Å². The summed E-state index contributed by atoms with van der Waals surface area (Å²) < 4.78 is 1.59. The Kier molecular flexibility index (Phi) is 3.19. The molecule has 0 bridgehead atoms. The van der Waals surface area contributed by atoms with Gasteiger partial charge in [0.05, 0.1) is 11.1 Å². The van der Waals surface area contributed by atoms with Gasteiger partial charge in [0.1, 0.15) is 5.54 Å². The fourth-order valence-electron chi connectivity index (χ4n) is 3.22. The Morgan fingerprint density at radius 2 is 1.54 bits per heavy atom. The summed E-state index contributed by atoms with van der Waals surface area (Å²) in [5.74, 6) is -0.215. The molecule has 1 aliphatic rings. The number of hydrogen-bond donors (Lipinski definition) is 1. The number of rotatable bonds is 2. The van der Waals surface area contributed by atoms with E-state index in [0.29, 0.717) is 22.6 Å². The van der Waals surface area contributed by atoms with E-state index in [1.54, 1.807) is 42.7 Å². The predicted molar refractivity (Wildman–Crippen MR) is 96.0 cm³/mol. The van der Waals surface area contributed by atoms with Crippen molar-refractivity contribution in [2.75, 3.05) is 0 Å². The third-order valence-corrected chi connectivity index (χ3v) is 4.84. The van der Waals surface area contributed by atoms with Gasteiger partial charge >= 0.3 is 0 Å². The summed E-state index contributed by atoms with van der Waals surface area (Å²) in [5, 5.41) is 7.71. The molecule has 0 spiro atoms. The molecule has 0 saturated carbocycles. The van der Waals surface area contributed by atoms with Gasteiger partial charge in [0.2, 0.25) is 0 Å². The van der Waals surface area contributed by atoms with Gasteiger partial charge in [-0.3, -0.25) is 19.6 Å². The topological polar surface area (TPSA) is 83.4 Å². The first-order chi connectivity index (χ1) is 12.1. The smallest absolute Gasteiger partial charge is 0.262 e. The fourth-order valence-corrected chi connectivity index (χ4v) is 3.22. The number of carbonyl (C=O) groups excluding carboxylic acids is 2. The quantitative estimate of drug-likeness (QED) is 0.720. The van der Waals surface area contributed by atoms with Crippen LogP contribution < -0.4 is 0 Å². The highest BCUT2D eigenvalue weighted by molar-refractivity contribution is 6.21. The van der Waals surface area contributed by atoms with Crippen molar-refractivity contribution in [2.24, 2.45) is 0 Å². The molecule has 0 radical (unpaired) electrons. The Bertz CT molecular complexity index is 985. The maximum absolute atomic E-state index is 12.8. The van der Waals surface area contributed by atoms with Crippen molar-refractivity contribution in [1.29, 1.82) is 0 Å². The molecule has 1 N–H and O–H groups in total. The Labute approximate surface area is 151 Å². The standard InChI is InChI=1S/C19H21N5O2/c1-18(2,3)13-10-14-20-17(22-24(14)21-13)19(4,5)23-15(25)11-8-6-7-9-12(11)16(23)26/h6-10,21H,1-5H3. The van der Waals surface area contributed by atoms with E-state index < -0.39 is 5.54 Å². The molecule has 2 amide bonds. The molecule has 0 atom stereocenters. The van der Waals surface area contributed by atoms with Crippen LogP contribution in [0.1, 0.15) is 66.9 Å². The second-order valence-corrected chi connectivity index (χ2v) is 8.18. The molecule has 0 unspecified atom stereocenters. The zero-order chi connectivity index (χ0) is 18.9. The molecule has 1 aromatic carbocycles. The molecule has 3 heterocycles. The number of carbonyl (C=O) groups is 2. The zero-order valence-electron chi connectivity index (χ0n) is 15.5. The zero-order valence-corrected chi connectivity index (χ0v) is 15.5. The number of nitrogens with one attached hydrogen (secondary N) is 1. The van der Waals surface area contributed by atoms with E-state index in [1.807, 2.05) is 6.07 Å². The van der Waals surface area contributed by atoms with Gasteiger partial charge in [-0.05, 0) is 26.0 Å². The van der Waals surface area contributed by atoms with Crippen molar-refractivity contribution >= 4 is 17.5 Å². The maximum atomic E-state index is 12.8. The van der Waals surface area contributed by atoms with Crippen LogP contribution in [0, 0.1) is 0 Å². The monoisotopic (exact) mass is 351 g/mol. The molecule has 0 saturated heterocycles. The third kappa shape index (κ3) is 2.20. The lowest BCUT2D eigenvalue weighted by Crippen LogP contribution is -2.46. The van der Waals surface area contributed by atoms with Gasteiger partial charge in [0.25, 0.3) is 11.8 Å². The van der Waals surface area contributed by atoms with E-state index in [4.69, 9.17) is 0 Å². The highest BCUT2D eigenvalue weighted by Crippen LogP contribution is 2.34. The Morgan fingerprint density at radius 3 is 2.04 bits per heavy atom. The van der Waals surface area contributed by atoms with E-state index in [1.165, 1.54) is 4.90 Å². The molecular weight excluding hydrogens is 330 g/mol. The normalized spacial score (nSPS) is 15.2. The lowest BCUT2D eigenvalue weighted by atomic mass is 9.93. The SMILES string of the molecule is CC(C)(C)c1cc2nc(C(C)(C)N3C(=O)c4ccccc4C3=O)nn2[nH]1. The summed E-state index contributed by atoms with van der Waals surface area (Å²) in [7, 11) is 0. The average Bonchev–Trinajstić information content (AvgIpc) is 3.19. The Hall–Kier alpha value is -2.96. The molecule has 26 heavy (non-hydrogen) atoms. The summed E-state index contributed by atoms with van der Waals surface area (Å²) in [6.07, 6.45) is 0. The summed E-state index contributed by atoms with van der Waals surface area (Å²) in [6, 6.07) is 8.80. The molecule has 0 aliphatic carbocycles. The lowest BCUT2D eigenvalue weighted by molar-refractivity contribution is 0.0461. The minimum absolute atomic E-state index is 0.0550. The predicted octanol–water partition coefficient (Wildman–Crippen LogP) is 2.89. The molecule has 134 valence electrons.